The molecule has 1 aliphatic rings. The summed E-state index contributed by atoms with van der Waals surface area (Å²) < 4.78 is 43.5. The zero-order valence-electron chi connectivity index (χ0n) is 26.0. The number of nitrogens with one attached hydrogen (secondary N) is 3. The quantitative estimate of drug-likeness (QED) is 0.181. The van der Waals surface area contributed by atoms with Gasteiger partial charge in [0.1, 0.15) is 17.1 Å². The summed E-state index contributed by atoms with van der Waals surface area (Å²) in [6, 6.07) is 12.9. The predicted octanol–water partition coefficient (Wildman–Crippen LogP) is 4.56. The van der Waals surface area contributed by atoms with Crippen molar-refractivity contribution in [3.8, 4) is 11.4 Å². The normalized spacial score (nSPS) is 14.3. The van der Waals surface area contributed by atoms with Gasteiger partial charge in [0.2, 0.25) is 11.4 Å². The zero-order chi connectivity index (χ0) is 33.8. The molecule has 3 aromatic heterocycles. The number of pyridine rings is 1. The highest BCUT2D eigenvalue weighted by Gasteiger charge is 2.31. The Labute approximate surface area is 272 Å². The molecule has 0 saturated carbocycles. The maximum atomic E-state index is 13.2. The number of alkyl halides is 3. The summed E-state index contributed by atoms with van der Waals surface area (Å²) in [6.07, 6.45) is 0.566. The number of aryl methyl sites for hydroxylation is 1. The molecule has 48 heavy (non-hydrogen) atoms. The van der Waals surface area contributed by atoms with E-state index in [0.29, 0.717) is 11.6 Å². The third kappa shape index (κ3) is 7.61. The highest BCUT2D eigenvalue weighted by atomic mass is 19.4. The molecule has 250 valence electrons. The van der Waals surface area contributed by atoms with Crippen LogP contribution in [0.3, 0.4) is 0 Å². The Morgan fingerprint density at radius 2 is 1.79 bits per heavy atom. The van der Waals surface area contributed by atoms with Crippen molar-refractivity contribution in [3.63, 3.8) is 0 Å². The standard InChI is InChI=1S/C32H32F3N9O4/c1-19-37-27(41-40-19)13-16-43-14-11-21(12-15-43)20-3-5-22(6-4-20)38-31-36-17-25-28(45)26(30(46)42-47-2)18-44(29(25)39-31)23-7-9-24(10-8-23)48-32(33,34)35/h3-10,17-18,21H,11-16H2,1-2H3,(H,42,46)(H,36,38,39)(H,37,40,41). The van der Waals surface area contributed by atoms with E-state index in [-0.39, 0.29) is 22.5 Å². The van der Waals surface area contributed by atoms with Gasteiger partial charge in [-0.25, -0.2) is 15.4 Å². The van der Waals surface area contributed by atoms with E-state index in [0.717, 1.165) is 68.4 Å². The molecule has 0 radical (unpaired) electrons. The molecule has 0 atom stereocenters. The van der Waals surface area contributed by atoms with Gasteiger partial charge in [0.05, 0.1) is 12.5 Å². The molecule has 2 aromatic carbocycles. The second-order valence-corrected chi connectivity index (χ2v) is 11.3. The molecule has 5 aromatic rings. The number of ether oxygens (including phenoxy) is 1. The molecule has 16 heteroatoms. The third-order valence-electron chi connectivity index (χ3n) is 8.05. The lowest BCUT2D eigenvalue weighted by molar-refractivity contribution is -0.274. The van der Waals surface area contributed by atoms with Gasteiger partial charge in [-0.05, 0) is 80.7 Å². The number of carbonyl (C=O) groups is 1. The van der Waals surface area contributed by atoms with E-state index in [1.165, 1.54) is 41.8 Å². The topological polar surface area (TPSA) is 152 Å². The van der Waals surface area contributed by atoms with Gasteiger partial charge in [-0.1, -0.05) is 12.1 Å². The number of amides is 1. The summed E-state index contributed by atoms with van der Waals surface area (Å²) in [5, 5.41) is 10.3. The Balaban J connectivity index is 1.19. The number of aromatic amines is 1. The van der Waals surface area contributed by atoms with Crippen LogP contribution >= 0.6 is 0 Å². The summed E-state index contributed by atoms with van der Waals surface area (Å²) in [7, 11) is 1.22. The minimum Gasteiger partial charge on any atom is -0.406 e. The van der Waals surface area contributed by atoms with E-state index < -0.39 is 23.4 Å². The lowest BCUT2D eigenvalue weighted by atomic mass is 9.89. The van der Waals surface area contributed by atoms with Gasteiger partial charge in [-0.3, -0.25) is 19.5 Å². The molecule has 1 amide bonds. The number of nitrogens with zero attached hydrogens (tertiary/aromatic N) is 6. The lowest BCUT2D eigenvalue weighted by Crippen LogP contribution is -2.34. The summed E-state index contributed by atoms with van der Waals surface area (Å²) in [5.41, 5.74) is 3.57. The number of rotatable bonds is 10. The molecular formula is C32H32F3N9O4. The SMILES string of the molecule is CONC(=O)c1cn(-c2ccc(OC(F)(F)F)cc2)c2nc(Nc3ccc(C4CCN(CCc5n[nH]c(C)n5)CC4)cc3)ncc2c1=O. The van der Waals surface area contributed by atoms with E-state index in [4.69, 9.17) is 0 Å². The van der Waals surface area contributed by atoms with Gasteiger partial charge in [-0.2, -0.15) is 10.1 Å². The minimum atomic E-state index is -4.86. The largest absolute Gasteiger partial charge is 0.573 e. The molecule has 0 bridgehead atoms. The molecule has 1 saturated heterocycles. The van der Waals surface area contributed by atoms with Crippen LogP contribution in [-0.2, 0) is 11.3 Å². The average Bonchev–Trinajstić information content (AvgIpc) is 3.49. The number of halogens is 3. The van der Waals surface area contributed by atoms with Crippen molar-refractivity contribution in [1.82, 2.24) is 40.1 Å². The summed E-state index contributed by atoms with van der Waals surface area (Å²) in [5.74, 6) is 1.02. The highest BCUT2D eigenvalue weighted by molar-refractivity contribution is 5.96. The monoisotopic (exact) mass is 663 g/mol. The van der Waals surface area contributed by atoms with Crippen molar-refractivity contribution < 1.29 is 27.5 Å². The average molecular weight is 664 g/mol. The van der Waals surface area contributed by atoms with Gasteiger partial charge in [-0.15, -0.1) is 13.2 Å². The van der Waals surface area contributed by atoms with Gasteiger partial charge >= 0.3 is 6.36 Å². The first kappa shape index (κ1) is 32.6. The number of fused-ring (bicyclic) bond motifs is 1. The number of hydrogen-bond acceptors (Lipinski definition) is 10. The van der Waals surface area contributed by atoms with Gasteiger partial charge in [0.15, 0.2) is 11.5 Å². The molecule has 13 nitrogen and oxygen atoms in total. The molecule has 6 rings (SSSR count). The van der Waals surface area contributed by atoms with Crippen molar-refractivity contribution in [3.05, 3.63) is 93.9 Å². The van der Waals surface area contributed by atoms with Crippen LogP contribution in [0.1, 0.15) is 46.3 Å². The number of hydrogen-bond donors (Lipinski definition) is 3. The van der Waals surface area contributed by atoms with Crippen molar-refractivity contribution in [2.75, 3.05) is 32.1 Å². The lowest BCUT2D eigenvalue weighted by Gasteiger charge is -2.32. The van der Waals surface area contributed by atoms with Gasteiger partial charge in [0.25, 0.3) is 5.91 Å². The van der Waals surface area contributed by atoms with Gasteiger partial charge < -0.3 is 19.5 Å². The Hall–Kier alpha value is -5.35. The zero-order valence-corrected chi connectivity index (χ0v) is 26.0. The van der Waals surface area contributed by atoms with Crippen LogP contribution in [0.25, 0.3) is 16.7 Å². The van der Waals surface area contributed by atoms with Crippen LogP contribution in [0, 0.1) is 6.92 Å². The van der Waals surface area contributed by atoms with Crippen LogP contribution in [0.4, 0.5) is 24.8 Å². The maximum Gasteiger partial charge on any atom is 0.573 e. The Kier molecular flexibility index (Phi) is 9.36. The molecule has 3 N–H and O–H groups in total. The molecule has 0 aliphatic carbocycles. The van der Waals surface area contributed by atoms with E-state index >= 15 is 0 Å². The van der Waals surface area contributed by atoms with Crippen LogP contribution in [0.5, 0.6) is 5.75 Å². The fourth-order valence-electron chi connectivity index (χ4n) is 5.70. The molecular weight excluding hydrogens is 631 g/mol. The van der Waals surface area contributed by atoms with Crippen molar-refractivity contribution in [2.24, 2.45) is 0 Å². The number of carbonyl (C=O) groups excluding carboxylic acids is 1. The van der Waals surface area contributed by atoms with E-state index in [9.17, 15) is 22.8 Å². The summed E-state index contributed by atoms with van der Waals surface area (Å²) in [6.45, 7) is 4.80. The smallest absolute Gasteiger partial charge is 0.406 e. The van der Waals surface area contributed by atoms with Crippen LogP contribution in [0.15, 0.2) is 65.7 Å². The predicted molar refractivity (Wildman–Crippen MR) is 169 cm³/mol. The fourth-order valence-corrected chi connectivity index (χ4v) is 5.70. The molecule has 1 aliphatic heterocycles. The van der Waals surface area contributed by atoms with Crippen LogP contribution in [0.2, 0.25) is 0 Å². The number of hydroxylamine groups is 1. The first-order valence-electron chi connectivity index (χ1n) is 15.2. The molecule has 0 spiro atoms. The van der Waals surface area contributed by atoms with Crippen molar-refractivity contribution >= 4 is 28.6 Å². The van der Waals surface area contributed by atoms with E-state index in [1.54, 1.807) is 0 Å². The third-order valence-corrected chi connectivity index (χ3v) is 8.05. The Morgan fingerprint density at radius 1 is 1.06 bits per heavy atom. The van der Waals surface area contributed by atoms with Crippen LogP contribution < -0.4 is 21.0 Å². The highest BCUT2D eigenvalue weighted by Crippen LogP contribution is 2.30. The molecule has 4 heterocycles. The number of anilines is 2. The molecule has 1 fully saturated rings. The number of aromatic nitrogens is 6. The van der Waals surface area contributed by atoms with Crippen LogP contribution in [-0.4, -0.2) is 73.6 Å². The number of likely N-dealkylation sites (tertiary alicyclic amines) is 1. The van der Waals surface area contributed by atoms with Crippen molar-refractivity contribution in [2.45, 2.75) is 38.5 Å². The minimum absolute atomic E-state index is 0.0114. The van der Waals surface area contributed by atoms with E-state index in [2.05, 4.69) is 62.6 Å². The second kappa shape index (κ2) is 13.8. The number of H-pyrrole nitrogens is 1. The summed E-state index contributed by atoms with van der Waals surface area (Å²) >= 11 is 0. The number of piperidine rings is 1. The van der Waals surface area contributed by atoms with E-state index in [1.807, 2.05) is 19.1 Å². The first-order valence-corrected chi connectivity index (χ1v) is 15.2. The second-order valence-electron chi connectivity index (χ2n) is 11.3. The Morgan fingerprint density at radius 3 is 2.44 bits per heavy atom. The fraction of sp³-hybridized carbons (Fsp3) is 0.312. The Bertz CT molecular complexity index is 1950. The van der Waals surface area contributed by atoms with Crippen molar-refractivity contribution in [1.29, 1.82) is 0 Å². The molecule has 0 unspecified atom stereocenters. The van der Waals surface area contributed by atoms with Gasteiger partial charge in [0, 0.05) is 36.7 Å². The number of benzene rings is 2. The first-order chi connectivity index (χ1) is 23.1. The maximum absolute atomic E-state index is 13.2. The summed E-state index contributed by atoms with van der Waals surface area (Å²) in [4.78, 5) is 46.2.